The van der Waals surface area contributed by atoms with Gasteiger partial charge in [0, 0.05) is 0 Å². The Labute approximate surface area is 93.7 Å². The Morgan fingerprint density at radius 2 is 1.06 bits per heavy atom. The van der Waals surface area contributed by atoms with Gasteiger partial charge in [0.1, 0.15) is 18.3 Å². The molecule has 0 aliphatic carbocycles. The molecule has 0 amide bonds. The first-order valence-corrected chi connectivity index (χ1v) is 5.60. The second-order valence-electron chi connectivity index (χ2n) is 4.15. The van der Waals surface area contributed by atoms with E-state index in [1.165, 1.54) is 0 Å². The van der Waals surface area contributed by atoms with E-state index in [1.54, 1.807) is 0 Å². The minimum absolute atomic E-state index is 0.212. The molecule has 3 unspecified atom stereocenters. The lowest BCUT2D eigenvalue weighted by molar-refractivity contribution is -0.291. The van der Waals surface area contributed by atoms with Crippen molar-refractivity contribution in [3.63, 3.8) is 0 Å². The second-order valence-corrected chi connectivity index (χ2v) is 4.15. The Morgan fingerprint density at radius 1 is 0.750 bits per heavy atom. The van der Waals surface area contributed by atoms with Crippen molar-refractivity contribution in [1.29, 1.82) is 0 Å². The highest BCUT2D eigenvalue weighted by Gasteiger charge is 2.29. The highest BCUT2D eigenvalue weighted by molar-refractivity contribution is 4.70. The van der Waals surface area contributed by atoms with Crippen molar-refractivity contribution in [2.45, 2.75) is 24.8 Å². The molecule has 0 aromatic carbocycles. The summed E-state index contributed by atoms with van der Waals surface area (Å²) in [5.74, 6) is 0. The van der Waals surface area contributed by atoms with Gasteiger partial charge in [-0.15, -0.1) is 0 Å². The first-order valence-electron chi connectivity index (χ1n) is 5.60. The zero-order valence-corrected chi connectivity index (χ0v) is 9.00. The van der Waals surface area contributed by atoms with Crippen molar-refractivity contribution in [2.24, 2.45) is 0 Å². The number of epoxide rings is 3. The summed E-state index contributed by atoms with van der Waals surface area (Å²) in [6, 6.07) is 0. The lowest BCUT2D eigenvalue weighted by Gasteiger charge is -2.17. The van der Waals surface area contributed by atoms with Crippen molar-refractivity contribution in [3.05, 3.63) is 0 Å². The van der Waals surface area contributed by atoms with Crippen molar-refractivity contribution in [3.8, 4) is 0 Å². The molecule has 3 fully saturated rings. The van der Waals surface area contributed by atoms with E-state index < -0.39 is 6.48 Å². The van der Waals surface area contributed by atoms with Gasteiger partial charge >= 0.3 is 0 Å². The third-order valence-electron chi connectivity index (χ3n) is 2.46. The summed E-state index contributed by atoms with van der Waals surface area (Å²) >= 11 is 0. The topological polar surface area (TPSA) is 65.3 Å². The molecule has 6 nitrogen and oxygen atoms in total. The molecule has 3 atom stereocenters. The lowest BCUT2D eigenvalue weighted by atomic mass is 10.5. The van der Waals surface area contributed by atoms with Crippen LogP contribution in [0.15, 0.2) is 0 Å². The average molecular weight is 232 g/mol. The van der Waals surface area contributed by atoms with Gasteiger partial charge in [0.25, 0.3) is 6.48 Å². The molecule has 6 heteroatoms. The Bertz CT molecular complexity index is 185. The number of hydrogen-bond donors (Lipinski definition) is 0. The van der Waals surface area contributed by atoms with E-state index in [0.29, 0.717) is 19.8 Å². The average Bonchev–Trinajstić information content (AvgIpc) is 3.15. The van der Waals surface area contributed by atoms with Gasteiger partial charge in [-0.25, -0.2) is 0 Å². The predicted octanol–water partition coefficient (Wildman–Crippen LogP) is -0.484. The van der Waals surface area contributed by atoms with Gasteiger partial charge in [0.2, 0.25) is 0 Å². The van der Waals surface area contributed by atoms with Crippen LogP contribution in [-0.2, 0) is 28.4 Å². The Kier molecular flexibility index (Phi) is 3.37. The van der Waals surface area contributed by atoms with Crippen molar-refractivity contribution >= 4 is 0 Å². The first-order chi connectivity index (χ1) is 7.90. The standard InChI is InChI=1S/C10H16O6/c1-7(11-1)4-14-10(15-5-8-2-12-8)16-6-9-3-13-9/h7-10H,1-6H2. The zero-order chi connectivity index (χ0) is 10.8. The van der Waals surface area contributed by atoms with Crippen LogP contribution in [0.3, 0.4) is 0 Å². The van der Waals surface area contributed by atoms with Crippen molar-refractivity contribution in [2.75, 3.05) is 39.6 Å². The van der Waals surface area contributed by atoms with Gasteiger partial charge in [-0.05, 0) is 0 Å². The lowest BCUT2D eigenvalue weighted by Crippen LogP contribution is -2.26. The summed E-state index contributed by atoms with van der Waals surface area (Å²) in [4.78, 5) is 0. The Morgan fingerprint density at radius 3 is 1.31 bits per heavy atom. The molecule has 3 rings (SSSR count). The molecule has 3 heterocycles. The molecular formula is C10H16O6. The molecule has 3 aliphatic heterocycles. The minimum Gasteiger partial charge on any atom is -0.371 e. The summed E-state index contributed by atoms with van der Waals surface area (Å²) in [6.07, 6.45) is 0.636. The van der Waals surface area contributed by atoms with Crippen LogP contribution in [0.2, 0.25) is 0 Å². The van der Waals surface area contributed by atoms with Gasteiger partial charge in [0.05, 0.1) is 39.6 Å². The van der Waals surface area contributed by atoms with Gasteiger partial charge in [-0.3, -0.25) is 0 Å². The van der Waals surface area contributed by atoms with Crippen LogP contribution in [0.25, 0.3) is 0 Å². The number of hydrogen-bond acceptors (Lipinski definition) is 6. The van der Waals surface area contributed by atoms with E-state index in [0.717, 1.165) is 19.8 Å². The molecule has 16 heavy (non-hydrogen) atoms. The second kappa shape index (κ2) is 4.95. The molecule has 0 aromatic rings. The van der Waals surface area contributed by atoms with E-state index in [1.807, 2.05) is 0 Å². The van der Waals surface area contributed by atoms with Gasteiger partial charge in [0.15, 0.2) is 0 Å². The maximum Gasteiger partial charge on any atom is 0.271 e. The van der Waals surface area contributed by atoms with E-state index in [2.05, 4.69) is 0 Å². The van der Waals surface area contributed by atoms with E-state index >= 15 is 0 Å². The molecule has 0 N–H and O–H groups in total. The van der Waals surface area contributed by atoms with Gasteiger partial charge in [-0.2, -0.15) is 0 Å². The third-order valence-corrected chi connectivity index (χ3v) is 2.46. The largest absolute Gasteiger partial charge is 0.371 e. The number of ether oxygens (including phenoxy) is 6. The van der Waals surface area contributed by atoms with E-state index in [9.17, 15) is 0 Å². The highest BCUT2D eigenvalue weighted by atomic mass is 16.9. The fourth-order valence-electron chi connectivity index (χ4n) is 1.19. The van der Waals surface area contributed by atoms with E-state index in [-0.39, 0.29) is 18.3 Å². The van der Waals surface area contributed by atoms with Gasteiger partial charge in [-0.1, -0.05) is 0 Å². The monoisotopic (exact) mass is 232 g/mol. The molecule has 3 aliphatic rings. The summed E-state index contributed by atoms with van der Waals surface area (Å²) < 4.78 is 31.5. The fourth-order valence-corrected chi connectivity index (χ4v) is 1.19. The molecule has 0 saturated carbocycles. The predicted molar refractivity (Wildman–Crippen MR) is 50.9 cm³/mol. The quantitative estimate of drug-likeness (QED) is 0.395. The molecule has 0 radical (unpaired) electrons. The van der Waals surface area contributed by atoms with Gasteiger partial charge < -0.3 is 28.4 Å². The fraction of sp³-hybridized carbons (Fsp3) is 1.00. The zero-order valence-electron chi connectivity index (χ0n) is 9.00. The van der Waals surface area contributed by atoms with Crippen molar-refractivity contribution < 1.29 is 28.4 Å². The Balaban J connectivity index is 1.33. The van der Waals surface area contributed by atoms with E-state index in [4.69, 9.17) is 28.4 Å². The summed E-state index contributed by atoms with van der Waals surface area (Å²) in [5.41, 5.74) is 0. The molecule has 0 spiro atoms. The van der Waals surface area contributed by atoms with Crippen LogP contribution < -0.4 is 0 Å². The highest BCUT2D eigenvalue weighted by Crippen LogP contribution is 2.16. The van der Waals surface area contributed by atoms with Crippen LogP contribution >= 0.6 is 0 Å². The van der Waals surface area contributed by atoms with Crippen LogP contribution in [0.1, 0.15) is 0 Å². The van der Waals surface area contributed by atoms with Crippen molar-refractivity contribution in [1.82, 2.24) is 0 Å². The molecule has 0 bridgehead atoms. The summed E-state index contributed by atoms with van der Waals surface area (Å²) in [6.45, 7) is 3.22. The van der Waals surface area contributed by atoms with Crippen LogP contribution in [0.5, 0.6) is 0 Å². The van der Waals surface area contributed by atoms with Crippen LogP contribution in [0, 0.1) is 0 Å². The molecule has 0 aromatic heterocycles. The summed E-state index contributed by atoms with van der Waals surface area (Å²) in [5, 5.41) is 0. The minimum atomic E-state index is -0.627. The molecule has 3 saturated heterocycles. The normalized spacial score (nSPS) is 37.1. The maximum atomic E-state index is 5.44. The van der Waals surface area contributed by atoms with Crippen LogP contribution in [0.4, 0.5) is 0 Å². The SMILES string of the molecule is C1OC1COC(OCC1CO1)OCC1CO1. The smallest absolute Gasteiger partial charge is 0.271 e. The van der Waals surface area contributed by atoms with Crippen LogP contribution in [-0.4, -0.2) is 64.4 Å². The number of rotatable bonds is 9. The maximum absolute atomic E-state index is 5.44. The first kappa shape index (κ1) is 10.9. The Hall–Kier alpha value is -0.240. The third kappa shape index (κ3) is 3.97. The molecular weight excluding hydrogens is 216 g/mol. The summed E-state index contributed by atoms with van der Waals surface area (Å²) in [7, 11) is 0. The molecule has 92 valence electrons.